The highest BCUT2D eigenvalue weighted by molar-refractivity contribution is 9.10. The Bertz CT molecular complexity index is 572. The maximum Gasteiger partial charge on any atom is 0.130 e. The molecule has 0 amide bonds. The summed E-state index contributed by atoms with van der Waals surface area (Å²) < 4.78 is 6.83. The van der Waals surface area contributed by atoms with Gasteiger partial charge in [-0.1, -0.05) is 33.6 Å². The zero-order valence-corrected chi connectivity index (χ0v) is 12.3. The summed E-state index contributed by atoms with van der Waals surface area (Å²) in [6.07, 6.45) is 0. The van der Waals surface area contributed by atoms with Crippen molar-refractivity contribution in [2.75, 3.05) is 0 Å². The Hall–Kier alpha value is -1.03. The van der Waals surface area contributed by atoms with Crippen LogP contribution in [0.2, 0.25) is 5.02 Å². The number of hydrogen-bond acceptors (Lipinski definition) is 2. The van der Waals surface area contributed by atoms with Crippen LogP contribution in [0.25, 0.3) is 0 Å². The molecule has 0 spiro atoms. The maximum atomic E-state index is 6.09. The van der Waals surface area contributed by atoms with E-state index in [2.05, 4.69) is 15.9 Å². The smallest absolute Gasteiger partial charge is 0.130 e. The van der Waals surface area contributed by atoms with E-state index in [1.54, 1.807) is 6.07 Å². The Kier molecular flexibility index (Phi) is 4.27. The fourth-order valence-electron chi connectivity index (χ4n) is 1.61. The van der Waals surface area contributed by atoms with Gasteiger partial charge in [0.1, 0.15) is 11.5 Å². The Morgan fingerprint density at radius 2 is 2.00 bits per heavy atom. The van der Waals surface area contributed by atoms with E-state index in [1.807, 2.05) is 37.3 Å². The Morgan fingerprint density at radius 1 is 1.22 bits per heavy atom. The number of benzene rings is 2. The highest BCUT2D eigenvalue weighted by atomic mass is 79.9. The number of hydrogen-bond donors (Lipinski definition) is 1. The van der Waals surface area contributed by atoms with Gasteiger partial charge in [0.2, 0.25) is 0 Å². The van der Waals surface area contributed by atoms with Gasteiger partial charge >= 0.3 is 0 Å². The van der Waals surface area contributed by atoms with Gasteiger partial charge in [0.15, 0.2) is 0 Å². The van der Waals surface area contributed by atoms with Gasteiger partial charge in [-0.25, -0.2) is 0 Å². The van der Waals surface area contributed by atoms with E-state index in [0.717, 1.165) is 21.3 Å². The van der Waals surface area contributed by atoms with Gasteiger partial charge in [0, 0.05) is 16.0 Å². The van der Waals surface area contributed by atoms with Crippen molar-refractivity contribution in [3.63, 3.8) is 0 Å². The molecule has 0 bridgehead atoms. The molecule has 94 valence electrons. The summed E-state index contributed by atoms with van der Waals surface area (Å²) >= 11 is 9.51. The molecule has 4 heteroatoms. The minimum atomic E-state index is 0.427. The second-order valence-electron chi connectivity index (χ2n) is 3.97. The number of ether oxygens (including phenoxy) is 1. The van der Waals surface area contributed by atoms with Gasteiger partial charge in [0.25, 0.3) is 0 Å². The van der Waals surface area contributed by atoms with Crippen LogP contribution in [0.3, 0.4) is 0 Å². The molecule has 0 heterocycles. The van der Waals surface area contributed by atoms with Crippen LogP contribution < -0.4 is 10.5 Å². The monoisotopic (exact) mass is 325 g/mol. The van der Waals surface area contributed by atoms with E-state index in [1.165, 1.54) is 0 Å². The van der Waals surface area contributed by atoms with Crippen LogP contribution in [-0.2, 0) is 6.54 Å². The molecule has 0 saturated heterocycles. The van der Waals surface area contributed by atoms with Crippen LogP contribution in [-0.4, -0.2) is 0 Å². The lowest BCUT2D eigenvalue weighted by Crippen LogP contribution is -1.97. The van der Waals surface area contributed by atoms with E-state index >= 15 is 0 Å². The molecule has 0 unspecified atom stereocenters. The second kappa shape index (κ2) is 5.74. The second-order valence-corrected chi connectivity index (χ2v) is 5.29. The first-order valence-corrected chi connectivity index (χ1v) is 6.70. The summed E-state index contributed by atoms with van der Waals surface area (Å²) in [6.45, 7) is 2.42. The van der Waals surface area contributed by atoms with Crippen molar-refractivity contribution in [3.8, 4) is 11.5 Å². The highest BCUT2D eigenvalue weighted by Crippen LogP contribution is 2.30. The molecule has 2 rings (SSSR count). The highest BCUT2D eigenvalue weighted by Gasteiger charge is 2.05. The zero-order chi connectivity index (χ0) is 13.1. The molecule has 0 radical (unpaired) electrons. The third-order valence-electron chi connectivity index (χ3n) is 2.61. The van der Waals surface area contributed by atoms with Crippen LogP contribution in [0, 0.1) is 6.92 Å². The molecule has 0 aliphatic carbocycles. The standard InChI is InChI=1S/C14H13BrClNO/c1-9-6-11(15)3-5-14(9)18-12-4-2-10(8-17)13(16)7-12/h2-7H,8,17H2,1H3. The first-order chi connectivity index (χ1) is 8.60. The van der Waals surface area contributed by atoms with Crippen LogP contribution in [0.5, 0.6) is 11.5 Å². The van der Waals surface area contributed by atoms with Crippen LogP contribution in [0.15, 0.2) is 40.9 Å². The Labute approximate surface area is 120 Å². The van der Waals surface area contributed by atoms with Crippen molar-refractivity contribution in [2.45, 2.75) is 13.5 Å². The van der Waals surface area contributed by atoms with Crippen molar-refractivity contribution in [1.29, 1.82) is 0 Å². The van der Waals surface area contributed by atoms with Gasteiger partial charge in [-0.05, 0) is 48.4 Å². The lowest BCUT2D eigenvalue weighted by atomic mass is 10.2. The minimum Gasteiger partial charge on any atom is -0.457 e. The summed E-state index contributed by atoms with van der Waals surface area (Å²) in [4.78, 5) is 0. The predicted molar refractivity (Wildman–Crippen MR) is 78.3 cm³/mol. The van der Waals surface area contributed by atoms with Crippen LogP contribution in [0.1, 0.15) is 11.1 Å². The minimum absolute atomic E-state index is 0.427. The Balaban J connectivity index is 2.26. The topological polar surface area (TPSA) is 35.2 Å². The third-order valence-corrected chi connectivity index (χ3v) is 3.45. The van der Waals surface area contributed by atoms with Gasteiger partial charge in [-0.3, -0.25) is 0 Å². The molecule has 0 aliphatic rings. The lowest BCUT2D eigenvalue weighted by molar-refractivity contribution is 0.478. The molecular formula is C14H13BrClNO. The molecule has 0 atom stereocenters. The first-order valence-electron chi connectivity index (χ1n) is 5.52. The quantitative estimate of drug-likeness (QED) is 0.890. The van der Waals surface area contributed by atoms with E-state index in [9.17, 15) is 0 Å². The molecule has 18 heavy (non-hydrogen) atoms. The normalized spacial score (nSPS) is 10.4. The predicted octanol–water partition coefficient (Wildman–Crippen LogP) is 4.66. The zero-order valence-electron chi connectivity index (χ0n) is 9.91. The summed E-state index contributed by atoms with van der Waals surface area (Å²) in [7, 11) is 0. The molecule has 0 aliphatic heterocycles. The van der Waals surface area contributed by atoms with Crippen molar-refractivity contribution < 1.29 is 4.74 Å². The van der Waals surface area contributed by atoms with Gasteiger partial charge < -0.3 is 10.5 Å². The molecule has 0 aromatic heterocycles. The molecule has 0 saturated carbocycles. The van der Waals surface area contributed by atoms with E-state index in [0.29, 0.717) is 17.3 Å². The molecular weight excluding hydrogens is 314 g/mol. The number of nitrogens with two attached hydrogens (primary N) is 1. The molecule has 2 N–H and O–H groups in total. The molecule has 2 aromatic carbocycles. The third kappa shape index (κ3) is 3.05. The van der Waals surface area contributed by atoms with Crippen molar-refractivity contribution >= 4 is 27.5 Å². The SMILES string of the molecule is Cc1cc(Br)ccc1Oc1ccc(CN)c(Cl)c1. The van der Waals surface area contributed by atoms with E-state index in [4.69, 9.17) is 22.1 Å². The van der Waals surface area contributed by atoms with E-state index in [-0.39, 0.29) is 0 Å². The largest absolute Gasteiger partial charge is 0.457 e. The molecule has 2 nitrogen and oxygen atoms in total. The number of rotatable bonds is 3. The lowest BCUT2D eigenvalue weighted by Gasteiger charge is -2.10. The average Bonchev–Trinajstić information content (AvgIpc) is 2.33. The summed E-state index contributed by atoms with van der Waals surface area (Å²) in [5.41, 5.74) is 7.54. The van der Waals surface area contributed by atoms with Crippen molar-refractivity contribution in [1.82, 2.24) is 0 Å². The van der Waals surface area contributed by atoms with Gasteiger partial charge in [0.05, 0.1) is 0 Å². The first kappa shape index (κ1) is 13.4. The summed E-state index contributed by atoms with van der Waals surface area (Å²) in [5.74, 6) is 1.53. The fraction of sp³-hybridized carbons (Fsp3) is 0.143. The Morgan fingerprint density at radius 3 is 2.61 bits per heavy atom. The van der Waals surface area contributed by atoms with E-state index < -0.39 is 0 Å². The maximum absolute atomic E-state index is 6.09. The molecule has 0 fully saturated rings. The van der Waals surface area contributed by atoms with Gasteiger partial charge in [-0.15, -0.1) is 0 Å². The number of aryl methyl sites for hydroxylation is 1. The summed E-state index contributed by atoms with van der Waals surface area (Å²) in [6, 6.07) is 11.4. The molecule has 2 aromatic rings. The van der Waals surface area contributed by atoms with Gasteiger partial charge in [-0.2, -0.15) is 0 Å². The van der Waals surface area contributed by atoms with Crippen LogP contribution in [0.4, 0.5) is 0 Å². The fourth-order valence-corrected chi connectivity index (χ4v) is 2.33. The number of halogens is 2. The van der Waals surface area contributed by atoms with Crippen molar-refractivity contribution in [2.24, 2.45) is 5.73 Å². The summed E-state index contributed by atoms with van der Waals surface area (Å²) in [5, 5.41) is 0.629. The van der Waals surface area contributed by atoms with Crippen LogP contribution >= 0.6 is 27.5 Å². The average molecular weight is 327 g/mol. The van der Waals surface area contributed by atoms with Crippen molar-refractivity contribution in [3.05, 3.63) is 57.0 Å².